The van der Waals surface area contributed by atoms with E-state index >= 15 is 0 Å². The molecule has 13 nitrogen and oxygen atoms in total. The van der Waals surface area contributed by atoms with Crippen molar-refractivity contribution in [3.8, 4) is 11.5 Å². The number of aliphatic hydroxyl groups is 1. The minimum atomic E-state index is -3.90. The fourth-order valence-electron chi connectivity index (χ4n) is 4.73. The molecule has 0 spiro atoms. The molecule has 0 saturated carbocycles. The molecule has 3 aromatic rings. The number of anilines is 2. The van der Waals surface area contributed by atoms with Crippen molar-refractivity contribution in [2.24, 2.45) is 13.0 Å². The van der Waals surface area contributed by atoms with Crippen LogP contribution in [-0.2, 0) is 28.3 Å². The van der Waals surface area contributed by atoms with Gasteiger partial charge in [-0.1, -0.05) is 6.92 Å². The Hall–Kier alpha value is -4.14. The molecule has 4 rings (SSSR count). The molecule has 0 fully saturated rings. The zero-order valence-corrected chi connectivity index (χ0v) is 25.7. The highest BCUT2D eigenvalue weighted by Crippen LogP contribution is 2.30. The van der Waals surface area contributed by atoms with E-state index in [1.807, 2.05) is 6.92 Å². The fraction of sp³-hybridized carbons (Fsp3) is 0.414. The molecule has 0 radical (unpaired) electrons. The lowest BCUT2D eigenvalue weighted by atomic mass is 10.0. The normalized spacial score (nSPS) is 18.1. The Bertz CT molecular complexity index is 1540. The number of fused-ring (bicyclic) bond motifs is 1. The van der Waals surface area contributed by atoms with Gasteiger partial charge in [0.2, 0.25) is 5.91 Å². The molecule has 0 bridgehead atoms. The fourth-order valence-corrected chi connectivity index (χ4v) is 5.87. The van der Waals surface area contributed by atoms with E-state index < -0.39 is 28.2 Å². The summed E-state index contributed by atoms with van der Waals surface area (Å²) in [7, 11) is 0.798. The number of aromatic nitrogens is 2. The number of benzene rings is 2. The number of likely N-dealkylation sites (N-methyl/N-ethyl adjacent to an activating group) is 1. The molecule has 0 unspecified atom stereocenters. The maximum atomic E-state index is 13.5. The minimum Gasteiger partial charge on any atom is -0.497 e. The topological polar surface area (TPSA) is 155 Å². The highest BCUT2D eigenvalue weighted by molar-refractivity contribution is 7.89. The molecule has 3 atom stereocenters. The van der Waals surface area contributed by atoms with Gasteiger partial charge in [-0.05, 0) is 49.4 Å². The van der Waals surface area contributed by atoms with E-state index in [-0.39, 0.29) is 43.0 Å². The summed E-state index contributed by atoms with van der Waals surface area (Å²) in [5, 5.41) is 15.3. The number of carbonyl (C=O) groups excluding carboxylic acids is 2. The predicted molar refractivity (Wildman–Crippen MR) is 161 cm³/mol. The van der Waals surface area contributed by atoms with Crippen LogP contribution < -0.4 is 20.1 Å². The first-order valence-corrected chi connectivity index (χ1v) is 15.2. The van der Waals surface area contributed by atoms with Gasteiger partial charge in [-0.25, -0.2) is 18.2 Å². The first-order valence-electron chi connectivity index (χ1n) is 13.8. The predicted octanol–water partition coefficient (Wildman–Crippen LogP) is 2.54. The van der Waals surface area contributed by atoms with Crippen LogP contribution in [0.25, 0.3) is 0 Å². The molecule has 1 aliphatic heterocycles. The first-order chi connectivity index (χ1) is 20.4. The summed E-state index contributed by atoms with van der Waals surface area (Å²) in [6, 6.07) is 10.9. The van der Waals surface area contributed by atoms with Crippen molar-refractivity contribution in [1.82, 2.24) is 18.8 Å². The summed E-state index contributed by atoms with van der Waals surface area (Å²) in [6.07, 6.45) is 2.14. The molecule has 232 valence electrons. The Morgan fingerprint density at radius 1 is 1.21 bits per heavy atom. The minimum absolute atomic E-state index is 0.0146. The summed E-state index contributed by atoms with van der Waals surface area (Å²) >= 11 is 0. The van der Waals surface area contributed by atoms with E-state index in [9.17, 15) is 23.1 Å². The van der Waals surface area contributed by atoms with Crippen LogP contribution in [0.4, 0.5) is 16.2 Å². The third-order valence-corrected chi connectivity index (χ3v) is 9.02. The zero-order chi connectivity index (χ0) is 31.3. The Morgan fingerprint density at radius 3 is 2.51 bits per heavy atom. The summed E-state index contributed by atoms with van der Waals surface area (Å²) in [4.78, 5) is 31.7. The number of aryl methyl sites for hydroxylation is 1. The number of methoxy groups -OCH3 is 1. The van der Waals surface area contributed by atoms with E-state index in [1.165, 1.54) is 23.9 Å². The molecule has 0 aliphatic carbocycles. The number of sulfonamides is 1. The number of nitrogens with zero attached hydrogens (tertiary/aromatic N) is 4. The number of hydrogen-bond acceptors (Lipinski definition) is 8. The maximum absolute atomic E-state index is 13.5. The van der Waals surface area contributed by atoms with Crippen LogP contribution in [0.15, 0.2) is 60.0 Å². The van der Waals surface area contributed by atoms with Crippen LogP contribution in [0.5, 0.6) is 11.5 Å². The lowest BCUT2D eigenvalue weighted by molar-refractivity contribution is -0.134. The average molecular weight is 615 g/mol. The van der Waals surface area contributed by atoms with Crippen molar-refractivity contribution in [3.63, 3.8) is 0 Å². The second-order valence-corrected chi connectivity index (χ2v) is 12.7. The van der Waals surface area contributed by atoms with Gasteiger partial charge < -0.3 is 34.7 Å². The van der Waals surface area contributed by atoms with Crippen molar-refractivity contribution in [2.45, 2.75) is 37.4 Å². The summed E-state index contributed by atoms with van der Waals surface area (Å²) in [5.74, 6) is 0.519. The number of carbonyl (C=O) groups is 2. The maximum Gasteiger partial charge on any atom is 0.323 e. The Balaban J connectivity index is 1.59. The van der Waals surface area contributed by atoms with E-state index in [4.69, 9.17) is 9.47 Å². The summed E-state index contributed by atoms with van der Waals surface area (Å²) < 4.78 is 40.7. The number of rotatable bonds is 9. The number of ether oxygens (including phenoxy) is 2. The molecule has 2 aromatic carbocycles. The third kappa shape index (κ3) is 7.63. The van der Waals surface area contributed by atoms with E-state index in [2.05, 4.69) is 15.6 Å². The van der Waals surface area contributed by atoms with E-state index in [1.54, 1.807) is 73.0 Å². The first kappa shape index (κ1) is 31.8. The van der Waals surface area contributed by atoms with E-state index in [0.717, 1.165) is 0 Å². The SMILES string of the molecule is COc1ccc(NC(=O)Nc2ccc3c(c2)CC(=O)N([C@H](C)CO)C[C@@H](C)[C@@H](CN(C)S(=O)(=O)c2cn(C)cn2)O3)cc1. The molecule has 3 amide bonds. The highest BCUT2D eigenvalue weighted by atomic mass is 32.2. The second-order valence-electron chi connectivity index (χ2n) is 10.7. The van der Waals surface area contributed by atoms with Gasteiger partial charge in [-0.2, -0.15) is 4.31 Å². The number of imidazole rings is 1. The summed E-state index contributed by atoms with van der Waals surface area (Å²) in [5.41, 5.74) is 1.51. The van der Waals surface area contributed by atoms with Gasteiger partial charge in [0.05, 0.1) is 39.1 Å². The smallest absolute Gasteiger partial charge is 0.323 e. The standard InChI is InChI=1S/C29H38N6O7S/c1-19-14-35(20(2)17-36)28(37)13-21-12-23(32-29(38)31-22-6-9-24(41-5)10-7-22)8-11-25(21)42-26(19)15-34(4)43(39,40)27-16-33(3)18-30-27/h6-12,16,18-20,26,36H,13-15,17H2,1-5H3,(H2,31,32,38)/t19-,20-,26-/m1/s1. The van der Waals surface area contributed by atoms with Crippen molar-refractivity contribution < 1.29 is 32.6 Å². The number of aliphatic hydroxyl groups excluding tert-OH is 1. The van der Waals surface area contributed by atoms with Crippen LogP contribution in [0.2, 0.25) is 0 Å². The Labute approximate surface area is 251 Å². The van der Waals surface area contributed by atoms with Gasteiger partial charge in [0, 0.05) is 49.7 Å². The lowest BCUT2D eigenvalue weighted by Gasteiger charge is -2.33. The molecule has 3 N–H and O–H groups in total. The molecular weight excluding hydrogens is 576 g/mol. The number of urea groups is 1. The molecule has 2 heterocycles. The molecule has 14 heteroatoms. The average Bonchev–Trinajstić information content (AvgIpc) is 3.44. The summed E-state index contributed by atoms with van der Waals surface area (Å²) in [6.45, 7) is 3.61. The molecule has 0 saturated heterocycles. The van der Waals surface area contributed by atoms with Crippen LogP contribution in [-0.4, -0.2) is 90.2 Å². The highest BCUT2D eigenvalue weighted by Gasteiger charge is 2.34. The second kappa shape index (κ2) is 13.4. The van der Waals surface area contributed by atoms with Gasteiger partial charge in [-0.15, -0.1) is 0 Å². The van der Waals surface area contributed by atoms with Gasteiger partial charge in [0.15, 0.2) is 5.03 Å². The van der Waals surface area contributed by atoms with Crippen molar-refractivity contribution in [3.05, 3.63) is 60.6 Å². The van der Waals surface area contributed by atoms with Gasteiger partial charge >= 0.3 is 6.03 Å². The van der Waals surface area contributed by atoms with Gasteiger partial charge in [0.25, 0.3) is 10.0 Å². The van der Waals surface area contributed by atoms with Crippen LogP contribution >= 0.6 is 0 Å². The largest absolute Gasteiger partial charge is 0.497 e. The lowest BCUT2D eigenvalue weighted by Crippen LogP contribution is -2.48. The number of hydrogen-bond donors (Lipinski definition) is 3. The van der Waals surface area contributed by atoms with Crippen molar-refractivity contribution in [1.29, 1.82) is 0 Å². The van der Waals surface area contributed by atoms with Crippen LogP contribution in [0.1, 0.15) is 19.4 Å². The molecular formula is C29H38N6O7S. The van der Waals surface area contributed by atoms with Crippen molar-refractivity contribution >= 4 is 33.3 Å². The van der Waals surface area contributed by atoms with Crippen LogP contribution in [0.3, 0.4) is 0 Å². The number of nitrogens with one attached hydrogen (secondary N) is 2. The molecule has 43 heavy (non-hydrogen) atoms. The quantitative estimate of drug-likeness (QED) is 0.332. The van der Waals surface area contributed by atoms with E-state index in [0.29, 0.717) is 28.4 Å². The molecule has 1 aromatic heterocycles. The van der Waals surface area contributed by atoms with Crippen LogP contribution in [0, 0.1) is 5.92 Å². The molecule has 1 aliphatic rings. The number of amides is 3. The third-order valence-electron chi connectivity index (χ3n) is 7.32. The zero-order valence-electron chi connectivity index (χ0n) is 24.9. The van der Waals surface area contributed by atoms with Gasteiger partial charge in [0.1, 0.15) is 17.6 Å². The monoisotopic (exact) mass is 614 g/mol. The Kier molecular flexibility index (Phi) is 9.94. The Morgan fingerprint density at radius 2 is 1.88 bits per heavy atom. The van der Waals surface area contributed by atoms with Crippen molar-refractivity contribution in [2.75, 3.05) is 44.5 Å². The van der Waals surface area contributed by atoms with Gasteiger partial charge in [-0.3, -0.25) is 4.79 Å².